The molecule has 0 bridgehead atoms. The molecule has 2 aromatic carbocycles. The van der Waals surface area contributed by atoms with Crippen molar-refractivity contribution in [1.82, 2.24) is 9.62 Å². The molecular formula is C21H24Cl2N2O4S. The molecule has 0 aliphatic carbocycles. The van der Waals surface area contributed by atoms with Gasteiger partial charge in [0, 0.05) is 35.6 Å². The Bertz CT molecular complexity index is 989. The van der Waals surface area contributed by atoms with E-state index in [2.05, 4.69) is 5.32 Å². The van der Waals surface area contributed by atoms with E-state index in [-0.39, 0.29) is 17.6 Å². The second-order valence-corrected chi connectivity index (χ2v) is 10.0. The van der Waals surface area contributed by atoms with Gasteiger partial charge in [-0.1, -0.05) is 41.4 Å². The van der Waals surface area contributed by atoms with Crippen molar-refractivity contribution >= 4 is 39.1 Å². The smallest absolute Gasteiger partial charge is 0.223 e. The average molecular weight is 471 g/mol. The Balaban J connectivity index is 1.51. The highest BCUT2D eigenvalue weighted by Gasteiger charge is 2.31. The summed E-state index contributed by atoms with van der Waals surface area (Å²) >= 11 is 12.0. The molecule has 9 heteroatoms. The normalized spacial score (nSPS) is 15.7. The molecule has 0 unspecified atom stereocenters. The summed E-state index contributed by atoms with van der Waals surface area (Å²) < 4.78 is 32.1. The molecule has 0 aromatic heterocycles. The van der Waals surface area contributed by atoms with Crippen LogP contribution in [0, 0.1) is 5.92 Å². The molecule has 1 saturated heterocycles. The van der Waals surface area contributed by atoms with Crippen LogP contribution in [0.5, 0.6) is 5.75 Å². The Labute approximate surface area is 187 Å². The van der Waals surface area contributed by atoms with Gasteiger partial charge in [-0.3, -0.25) is 4.79 Å². The number of benzene rings is 2. The Morgan fingerprint density at radius 1 is 1.13 bits per heavy atom. The Kier molecular flexibility index (Phi) is 7.63. The second-order valence-electron chi connectivity index (χ2n) is 7.23. The summed E-state index contributed by atoms with van der Waals surface area (Å²) in [6.07, 6.45) is 0.976. The monoisotopic (exact) mass is 470 g/mol. The van der Waals surface area contributed by atoms with E-state index in [0.29, 0.717) is 48.1 Å². The molecule has 3 rings (SSSR count). The third kappa shape index (κ3) is 5.88. The zero-order chi connectivity index (χ0) is 21.7. The van der Waals surface area contributed by atoms with Gasteiger partial charge in [-0.25, -0.2) is 12.7 Å². The Hall–Kier alpha value is -1.80. The average Bonchev–Trinajstić information content (AvgIpc) is 2.74. The van der Waals surface area contributed by atoms with Crippen molar-refractivity contribution in [2.75, 3.05) is 20.2 Å². The molecule has 30 heavy (non-hydrogen) atoms. The van der Waals surface area contributed by atoms with Gasteiger partial charge in [0.05, 0.1) is 12.9 Å². The molecule has 0 atom stereocenters. The van der Waals surface area contributed by atoms with Crippen molar-refractivity contribution in [2.45, 2.75) is 25.1 Å². The summed E-state index contributed by atoms with van der Waals surface area (Å²) in [5.74, 6) is 0.327. The lowest BCUT2D eigenvalue weighted by Crippen LogP contribution is -2.43. The first-order valence-electron chi connectivity index (χ1n) is 9.61. The summed E-state index contributed by atoms with van der Waals surface area (Å²) in [7, 11) is -1.92. The third-order valence-electron chi connectivity index (χ3n) is 5.20. The number of halogens is 2. The van der Waals surface area contributed by atoms with Crippen LogP contribution in [0.25, 0.3) is 0 Å². The molecule has 162 valence electrons. The van der Waals surface area contributed by atoms with Gasteiger partial charge in [0.1, 0.15) is 5.75 Å². The topological polar surface area (TPSA) is 75.7 Å². The van der Waals surface area contributed by atoms with Crippen LogP contribution in [0.15, 0.2) is 42.5 Å². The molecule has 1 fully saturated rings. The highest BCUT2D eigenvalue weighted by molar-refractivity contribution is 7.88. The van der Waals surface area contributed by atoms with E-state index in [1.54, 1.807) is 19.2 Å². The van der Waals surface area contributed by atoms with Crippen LogP contribution >= 0.6 is 23.2 Å². The Morgan fingerprint density at radius 3 is 2.40 bits per heavy atom. The van der Waals surface area contributed by atoms with Crippen molar-refractivity contribution < 1.29 is 17.9 Å². The van der Waals surface area contributed by atoms with Crippen LogP contribution in [0.4, 0.5) is 0 Å². The number of piperidine rings is 1. The van der Waals surface area contributed by atoms with Gasteiger partial charge in [-0.05, 0) is 48.2 Å². The minimum Gasteiger partial charge on any atom is -0.497 e. The van der Waals surface area contributed by atoms with Crippen LogP contribution in [0.2, 0.25) is 10.0 Å². The predicted molar refractivity (Wildman–Crippen MR) is 118 cm³/mol. The van der Waals surface area contributed by atoms with Crippen molar-refractivity contribution in [3.05, 3.63) is 63.6 Å². The lowest BCUT2D eigenvalue weighted by Gasteiger charge is -2.30. The first kappa shape index (κ1) is 22.9. The SMILES string of the molecule is COc1ccc(CNC(=O)C2CCN(S(=O)(=O)Cc3ccc(Cl)cc3Cl)CC2)cc1. The summed E-state index contributed by atoms with van der Waals surface area (Å²) in [4.78, 5) is 12.5. The number of ether oxygens (including phenoxy) is 1. The van der Waals surface area contributed by atoms with E-state index in [1.165, 1.54) is 10.4 Å². The number of hydrogen-bond acceptors (Lipinski definition) is 4. The van der Waals surface area contributed by atoms with E-state index in [4.69, 9.17) is 27.9 Å². The molecule has 1 N–H and O–H groups in total. The molecular weight excluding hydrogens is 447 g/mol. The Morgan fingerprint density at radius 2 is 1.80 bits per heavy atom. The van der Waals surface area contributed by atoms with Gasteiger partial charge in [0.25, 0.3) is 0 Å². The van der Waals surface area contributed by atoms with E-state index < -0.39 is 10.0 Å². The number of carbonyl (C=O) groups is 1. The number of sulfonamides is 1. The minimum absolute atomic E-state index is 0.0522. The summed E-state index contributed by atoms with van der Waals surface area (Å²) in [6.45, 7) is 1.05. The van der Waals surface area contributed by atoms with Crippen molar-refractivity contribution in [3.63, 3.8) is 0 Å². The van der Waals surface area contributed by atoms with E-state index in [9.17, 15) is 13.2 Å². The van der Waals surface area contributed by atoms with Crippen LogP contribution < -0.4 is 10.1 Å². The third-order valence-corrected chi connectivity index (χ3v) is 7.61. The molecule has 1 aliphatic rings. The standard InChI is InChI=1S/C21H24Cl2N2O4S/c1-29-19-6-2-15(3-7-19)13-24-21(26)16-8-10-25(11-9-16)30(27,28)14-17-4-5-18(22)12-20(17)23/h2-7,12,16H,8-11,13-14H2,1H3,(H,24,26). The van der Waals surface area contributed by atoms with E-state index in [0.717, 1.165) is 11.3 Å². The summed E-state index contributed by atoms with van der Waals surface area (Å²) in [6, 6.07) is 12.3. The van der Waals surface area contributed by atoms with Crippen molar-refractivity contribution in [1.29, 1.82) is 0 Å². The molecule has 1 aliphatic heterocycles. The molecule has 0 saturated carbocycles. The number of hydrogen-bond donors (Lipinski definition) is 1. The first-order chi connectivity index (χ1) is 14.3. The molecule has 1 heterocycles. The first-order valence-corrected chi connectivity index (χ1v) is 12.0. The highest BCUT2D eigenvalue weighted by Crippen LogP contribution is 2.26. The number of rotatable bonds is 7. The van der Waals surface area contributed by atoms with Crippen LogP contribution in [0.3, 0.4) is 0 Å². The van der Waals surface area contributed by atoms with Gasteiger partial charge >= 0.3 is 0 Å². The lowest BCUT2D eigenvalue weighted by atomic mass is 9.97. The van der Waals surface area contributed by atoms with Gasteiger partial charge < -0.3 is 10.1 Å². The van der Waals surface area contributed by atoms with Gasteiger partial charge in [0.2, 0.25) is 15.9 Å². The molecule has 1 amide bonds. The zero-order valence-corrected chi connectivity index (χ0v) is 18.9. The number of carbonyl (C=O) groups excluding carboxylic acids is 1. The van der Waals surface area contributed by atoms with E-state index >= 15 is 0 Å². The maximum absolute atomic E-state index is 12.8. The van der Waals surface area contributed by atoms with Gasteiger partial charge in [-0.2, -0.15) is 0 Å². The largest absolute Gasteiger partial charge is 0.497 e. The van der Waals surface area contributed by atoms with Gasteiger partial charge in [0.15, 0.2) is 0 Å². The number of nitrogens with zero attached hydrogens (tertiary/aromatic N) is 1. The molecule has 0 spiro atoms. The summed E-state index contributed by atoms with van der Waals surface area (Å²) in [5.41, 5.74) is 1.49. The number of amides is 1. The minimum atomic E-state index is -3.52. The van der Waals surface area contributed by atoms with Crippen LogP contribution in [0.1, 0.15) is 24.0 Å². The quantitative estimate of drug-likeness (QED) is 0.666. The lowest BCUT2D eigenvalue weighted by molar-refractivity contribution is -0.126. The fourth-order valence-electron chi connectivity index (χ4n) is 3.40. The highest BCUT2D eigenvalue weighted by atomic mass is 35.5. The zero-order valence-electron chi connectivity index (χ0n) is 16.6. The maximum atomic E-state index is 12.8. The predicted octanol–water partition coefficient (Wildman–Crippen LogP) is 3.86. The van der Waals surface area contributed by atoms with Crippen molar-refractivity contribution in [2.24, 2.45) is 5.92 Å². The van der Waals surface area contributed by atoms with Crippen LogP contribution in [-0.4, -0.2) is 38.8 Å². The van der Waals surface area contributed by atoms with E-state index in [1.807, 2.05) is 24.3 Å². The fourth-order valence-corrected chi connectivity index (χ4v) is 5.55. The fraction of sp³-hybridized carbons (Fsp3) is 0.381. The van der Waals surface area contributed by atoms with Gasteiger partial charge in [-0.15, -0.1) is 0 Å². The number of methoxy groups -OCH3 is 1. The molecule has 6 nitrogen and oxygen atoms in total. The van der Waals surface area contributed by atoms with Crippen LogP contribution in [-0.2, 0) is 27.1 Å². The van der Waals surface area contributed by atoms with Crippen molar-refractivity contribution in [3.8, 4) is 5.75 Å². The molecule has 0 radical (unpaired) electrons. The number of nitrogens with one attached hydrogen (secondary N) is 1. The maximum Gasteiger partial charge on any atom is 0.223 e. The second kappa shape index (κ2) is 10.0. The molecule has 2 aromatic rings. The summed E-state index contributed by atoms with van der Waals surface area (Å²) in [5, 5.41) is 3.73.